The van der Waals surface area contributed by atoms with Crippen LogP contribution in [0.1, 0.15) is 0 Å². The Balaban J connectivity index is 1.67. The van der Waals surface area contributed by atoms with Crippen LogP contribution in [0.3, 0.4) is 0 Å². The van der Waals surface area contributed by atoms with Gasteiger partial charge in [-0.25, -0.2) is 4.98 Å². The molecule has 0 fully saturated rings. The van der Waals surface area contributed by atoms with E-state index in [0.717, 1.165) is 39.1 Å². The molecule has 4 N–H and O–H groups in total. The zero-order chi connectivity index (χ0) is 17.2. The highest BCUT2D eigenvalue weighted by molar-refractivity contribution is 5.97. The molecule has 0 aliphatic carbocycles. The topological polar surface area (TPSA) is 74.2 Å². The Labute approximate surface area is 145 Å². The van der Waals surface area contributed by atoms with Gasteiger partial charge in [0.05, 0.1) is 0 Å². The Kier molecular flexibility index (Phi) is 3.71. The fourth-order valence-corrected chi connectivity index (χ4v) is 2.87. The minimum atomic E-state index is 0.515. The minimum absolute atomic E-state index is 0.515. The molecule has 1 aromatic heterocycles. The lowest BCUT2D eigenvalue weighted by Gasteiger charge is -2.11. The average Bonchev–Trinajstić information content (AvgIpc) is 2.65. The SMILES string of the molecule is Nc1ncccc1-c1ccc(Oc2ccc(N)c3ccccc23)cc1. The third kappa shape index (κ3) is 2.85. The molecule has 4 heteroatoms. The lowest BCUT2D eigenvalue weighted by molar-refractivity contribution is 0.488. The predicted octanol–water partition coefficient (Wildman–Crippen LogP) is 4.86. The van der Waals surface area contributed by atoms with Gasteiger partial charge in [-0.3, -0.25) is 0 Å². The molecule has 0 unspecified atom stereocenters. The zero-order valence-corrected chi connectivity index (χ0v) is 13.5. The summed E-state index contributed by atoms with van der Waals surface area (Å²) >= 11 is 0. The molecule has 0 aliphatic rings. The van der Waals surface area contributed by atoms with Crippen molar-refractivity contribution in [3.05, 3.63) is 79.0 Å². The van der Waals surface area contributed by atoms with Crippen molar-refractivity contribution in [1.29, 1.82) is 0 Å². The number of nitrogen functional groups attached to an aromatic ring is 2. The number of hydrogen-bond acceptors (Lipinski definition) is 4. The third-order valence-electron chi connectivity index (χ3n) is 4.15. The van der Waals surface area contributed by atoms with Crippen molar-refractivity contribution >= 4 is 22.3 Å². The highest BCUT2D eigenvalue weighted by Gasteiger charge is 2.07. The molecule has 4 nitrogen and oxygen atoms in total. The number of nitrogens with two attached hydrogens (primary N) is 2. The first-order valence-corrected chi connectivity index (χ1v) is 7.98. The van der Waals surface area contributed by atoms with Crippen LogP contribution in [0.5, 0.6) is 11.5 Å². The average molecular weight is 327 g/mol. The molecule has 0 atom stereocenters. The number of benzene rings is 3. The summed E-state index contributed by atoms with van der Waals surface area (Å²) in [6.07, 6.45) is 1.68. The van der Waals surface area contributed by atoms with E-state index in [-0.39, 0.29) is 0 Å². The van der Waals surface area contributed by atoms with Gasteiger partial charge in [0.1, 0.15) is 17.3 Å². The Hall–Kier alpha value is -3.53. The first-order chi connectivity index (χ1) is 12.2. The van der Waals surface area contributed by atoms with Crippen LogP contribution in [-0.4, -0.2) is 4.98 Å². The van der Waals surface area contributed by atoms with Crippen LogP contribution in [-0.2, 0) is 0 Å². The molecule has 1 heterocycles. The van der Waals surface area contributed by atoms with Gasteiger partial charge in [0.15, 0.2) is 0 Å². The lowest BCUT2D eigenvalue weighted by atomic mass is 10.1. The summed E-state index contributed by atoms with van der Waals surface area (Å²) in [4.78, 5) is 4.12. The second kappa shape index (κ2) is 6.17. The predicted molar refractivity (Wildman–Crippen MR) is 103 cm³/mol. The Morgan fingerprint density at radius 2 is 1.48 bits per heavy atom. The van der Waals surface area contributed by atoms with E-state index in [2.05, 4.69) is 4.98 Å². The normalized spacial score (nSPS) is 10.7. The van der Waals surface area contributed by atoms with Gasteiger partial charge in [-0.2, -0.15) is 0 Å². The molecule has 0 amide bonds. The van der Waals surface area contributed by atoms with Crippen molar-refractivity contribution < 1.29 is 4.74 Å². The maximum atomic E-state index is 6.07. The van der Waals surface area contributed by atoms with Crippen LogP contribution in [0.4, 0.5) is 11.5 Å². The Morgan fingerprint density at radius 3 is 2.24 bits per heavy atom. The number of ether oxygens (including phenoxy) is 1. The van der Waals surface area contributed by atoms with E-state index < -0.39 is 0 Å². The van der Waals surface area contributed by atoms with Crippen molar-refractivity contribution in [2.75, 3.05) is 11.5 Å². The summed E-state index contributed by atoms with van der Waals surface area (Å²) in [6.45, 7) is 0. The van der Waals surface area contributed by atoms with E-state index in [1.165, 1.54) is 0 Å². The first kappa shape index (κ1) is 15.0. The quantitative estimate of drug-likeness (QED) is 0.527. The molecule has 0 saturated carbocycles. The van der Waals surface area contributed by atoms with Crippen molar-refractivity contribution in [2.45, 2.75) is 0 Å². The highest BCUT2D eigenvalue weighted by Crippen LogP contribution is 2.34. The van der Waals surface area contributed by atoms with Crippen LogP contribution in [0, 0.1) is 0 Å². The zero-order valence-electron chi connectivity index (χ0n) is 13.5. The maximum Gasteiger partial charge on any atom is 0.135 e. The third-order valence-corrected chi connectivity index (χ3v) is 4.15. The van der Waals surface area contributed by atoms with E-state index >= 15 is 0 Å². The molecule has 25 heavy (non-hydrogen) atoms. The number of rotatable bonds is 3. The van der Waals surface area contributed by atoms with Gasteiger partial charge >= 0.3 is 0 Å². The molecular formula is C21H17N3O. The van der Waals surface area contributed by atoms with Gasteiger partial charge in [-0.1, -0.05) is 36.4 Å². The maximum absolute atomic E-state index is 6.07. The number of fused-ring (bicyclic) bond motifs is 1. The van der Waals surface area contributed by atoms with Gasteiger partial charge in [0.2, 0.25) is 0 Å². The van der Waals surface area contributed by atoms with Crippen molar-refractivity contribution in [2.24, 2.45) is 0 Å². The number of hydrogen-bond donors (Lipinski definition) is 2. The number of pyridine rings is 1. The number of anilines is 2. The summed E-state index contributed by atoms with van der Waals surface area (Å²) < 4.78 is 6.07. The number of nitrogens with zero attached hydrogens (tertiary/aromatic N) is 1. The summed E-state index contributed by atoms with van der Waals surface area (Å²) in [5.74, 6) is 2.04. The van der Waals surface area contributed by atoms with Crippen LogP contribution in [0.25, 0.3) is 21.9 Å². The van der Waals surface area contributed by atoms with E-state index in [9.17, 15) is 0 Å². The van der Waals surface area contributed by atoms with Crippen molar-refractivity contribution in [1.82, 2.24) is 4.98 Å². The second-order valence-electron chi connectivity index (χ2n) is 5.76. The van der Waals surface area contributed by atoms with Crippen molar-refractivity contribution in [3.63, 3.8) is 0 Å². The number of aromatic nitrogens is 1. The fourth-order valence-electron chi connectivity index (χ4n) is 2.87. The van der Waals surface area contributed by atoms with Gasteiger partial charge in [-0.15, -0.1) is 0 Å². The van der Waals surface area contributed by atoms with E-state index in [1.807, 2.05) is 72.8 Å². The molecule has 3 aromatic carbocycles. The summed E-state index contributed by atoms with van der Waals surface area (Å²) in [7, 11) is 0. The molecule has 0 aliphatic heterocycles. The van der Waals surface area contributed by atoms with Gasteiger partial charge < -0.3 is 16.2 Å². The van der Waals surface area contributed by atoms with Crippen LogP contribution in [0.2, 0.25) is 0 Å². The molecule has 0 spiro atoms. The fraction of sp³-hybridized carbons (Fsp3) is 0. The molecule has 4 aromatic rings. The Bertz CT molecular complexity index is 1040. The molecule has 0 radical (unpaired) electrons. The second-order valence-corrected chi connectivity index (χ2v) is 5.76. The molecule has 122 valence electrons. The van der Waals surface area contributed by atoms with Gasteiger partial charge in [0, 0.05) is 28.2 Å². The van der Waals surface area contributed by atoms with Crippen LogP contribution in [0.15, 0.2) is 79.0 Å². The molecule has 0 bridgehead atoms. The molecule has 0 saturated heterocycles. The molecular weight excluding hydrogens is 310 g/mol. The molecule has 4 rings (SSSR count). The lowest BCUT2D eigenvalue weighted by Crippen LogP contribution is -1.93. The summed E-state index contributed by atoms with van der Waals surface area (Å²) in [5, 5.41) is 1.97. The van der Waals surface area contributed by atoms with E-state index in [4.69, 9.17) is 16.2 Å². The van der Waals surface area contributed by atoms with E-state index in [1.54, 1.807) is 6.20 Å². The summed E-state index contributed by atoms with van der Waals surface area (Å²) in [6, 6.07) is 23.3. The van der Waals surface area contributed by atoms with Crippen LogP contribution < -0.4 is 16.2 Å². The monoisotopic (exact) mass is 327 g/mol. The highest BCUT2D eigenvalue weighted by atomic mass is 16.5. The van der Waals surface area contributed by atoms with Gasteiger partial charge in [-0.05, 0) is 42.0 Å². The largest absolute Gasteiger partial charge is 0.457 e. The van der Waals surface area contributed by atoms with Crippen molar-refractivity contribution in [3.8, 4) is 22.6 Å². The smallest absolute Gasteiger partial charge is 0.135 e. The summed E-state index contributed by atoms with van der Waals surface area (Å²) in [5.41, 5.74) is 14.6. The Morgan fingerprint density at radius 1 is 0.720 bits per heavy atom. The van der Waals surface area contributed by atoms with E-state index in [0.29, 0.717) is 5.82 Å². The van der Waals surface area contributed by atoms with Crippen LogP contribution >= 0.6 is 0 Å². The first-order valence-electron chi connectivity index (χ1n) is 7.98. The standard InChI is InChI=1S/C21H17N3O/c22-19-11-12-20(18-5-2-1-4-17(18)19)25-15-9-7-14(8-10-15)16-6-3-13-24-21(16)23/h1-13H,22H2,(H2,23,24). The minimum Gasteiger partial charge on any atom is -0.457 e. The van der Waals surface area contributed by atoms with Gasteiger partial charge in [0.25, 0.3) is 0 Å².